The molecule has 0 spiro atoms. The molecule has 1 aromatic carbocycles. The van der Waals surface area contributed by atoms with E-state index in [2.05, 4.69) is 9.71 Å². The maximum absolute atomic E-state index is 11.6. The quantitative estimate of drug-likeness (QED) is 0.747. The highest BCUT2D eigenvalue weighted by Crippen LogP contribution is 2.29. The summed E-state index contributed by atoms with van der Waals surface area (Å²) < 4.78 is 31.5. The highest BCUT2D eigenvalue weighted by atomic mass is 32.2. The average molecular weight is 255 g/mol. The molecule has 0 radical (unpaired) electrons. The molecule has 0 aromatic heterocycles. The molecule has 1 aliphatic heterocycles. The van der Waals surface area contributed by atoms with Crippen LogP contribution in [0, 0.1) is 6.92 Å². The molecular weight excluding hydrogens is 242 g/mol. The molecule has 0 unspecified atom stereocenters. The molecule has 0 amide bonds. The van der Waals surface area contributed by atoms with E-state index in [1.54, 1.807) is 37.2 Å². The number of hydrogen-bond donors (Lipinski definition) is 1. The molecule has 2 rings (SSSR count). The molecule has 0 atom stereocenters. The zero-order chi connectivity index (χ0) is 12.6. The first-order valence-corrected chi connectivity index (χ1v) is 6.33. The minimum Gasteiger partial charge on any atom is -0.363 e. The van der Waals surface area contributed by atoms with Crippen molar-refractivity contribution in [1.29, 1.82) is 0 Å². The maximum atomic E-state index is 11.6. The van der Waals surface area contributed by atoms with Crippen molar-refractivity contribution in [2.45, 2.75) is 6.92 Å². The van der Waals surface area contributed by atoms with Gasteiger partial charge in [0.25, 0.3) is 0 Å². The van der Waals surface area contributed by atoms with Crippen LogP contribution >= 0.6 is 0 Å². The molecule has 7 heteroatoms. The van der Waals surface area contributed by atoms with Crippen LogP contribution in [0.2, 0.25) is 0 Å². The minimum absolute atomic E-state index is 0.217. The van der Waals surface area contributed by atoms with E-state index in [1.165, 1.54) is 0 Å². The van der Waals surface area contributed by atoms with Crippen LogP contribution in [-0.2, 0) is 10.3 Å². The average Bonchev–Trinajstić information content (AvgIpc) is 2.32. The van der Waals surface area contributed by atoms with Gasteiger partial charge in [0, 0.05) is 14.1 Å². The van der Waals surface area contributed by atoms with Crippen molar-refractivity contribution in [2.75, 3.05) is 19.4 Å². The Morgan fingerprint density at radius 1 is 1.35 bits per heavy atom. The molecule has 1 N–H and O–H groups in total. The lowest BCUT2D eigenvalue weighted by molar-refractivity contribution is 0.489. The summed E-state index contributed by atoms with van der Waals surface area (Å²) in [5, 5.41) is 2.93. The topological polar surface area (TPSA) is 71.0 Å². The second-order valence-electron chi connectivity index (χ2n) is 3.94. The third-order valence-corrected chi connectivity index (χ3v) is 2.99. The molecule has 6 nitrogen and oxygen atoms in total. The summed E-state index contributed by atoms with van der Waals surface area (Å²) in [6.45, 7) is 1.91. The van der Waals surface area contributed by atoms with Gasteiger partial charge in [0.1, 0.15) is 0 Å². The van der Waals surface area contributed by atoms with Gasteiger partial charge in [-0.15, -0.1) is 0 Å². The molecule has 0 aliphatic carbocycles. The van der Waals surface area contributed by atoms with Gasteiger partial charge in [-0.05, 0) is 24.6 Å². The van der Waals surface area contributed by atoms with Gasteiger partial charge in [-0.3, -0.25) is 0 Å². The van der Waals surface area contributed by atoms with Gasteiger partial charge in [0.05, 0.1) is 5.69 Å². The van der Waals surface area contributed by atoms with Crippen LogP contribution in [0.25, 0.3) is 0 Å². The normalized spacial score (nSPS) is 17.0. The zero-order valence-electron chi connectivity index (χ0n) is 9.76. The first-order valence-electron chi connectivity index (χ1n) is 4.97. The zero-order valence-corrected chi connectivity index (χ0v) is 10.6. The van der Waals surface area contributed by atoms with Crippen molar-refractivity contribution in [3.05, 3.63) is 23.8 Å². The Morgan fingerprint density at radius 3 is 2.71 bits per heavy atom. The van der Waals surface area contributed by atoms with Gasteiger partial charge in [-0.1, -0.05) is 10.5 Å². The third kappa shape index (κ3) is 2.50. The molecule has 0 bridgehead atoms. The van der Waals surface area contributed by atoms with Crippen LogP contribution in [-0.4, -0.2) is 33.4 Å². The third-order valence-electron chi connectivity index (χ3n) is 2.20. The summed E-state index contributed by atoms with van der Waals surface area (Å²) in [5.74, 6) is 0.463. The van der Waals surface area contributed by atoms with Gasteiger partial charge >= 0.3 is 10.3 Å². The smallest absolute Gasteiger partial charge is 0.363 e. The molecule has 1 heterocycles. The van der Waals surface area contributed by atoms with Crippen molar-refractivity contribution < 1.29 is 12.6 Å². The minimum atomic E-state index is -3.96. The van der Waals surface area contributed by atoms with Gasteiger partial charge in [-0.2, -0.15) is 8.42 Å². The fourth-order valence-electron chi connectivity index (χ4n) is 1.39. The van der Waals surface area contributed by atoms with Crippen molar-refractivity contribution >= 4 is 22.0 Å². The predicted molar refractivity (Wildman–Crippen MR) is 65.5 cm³/mol. The Morgan fingerprint density at radius 2 is 2.06 bits per heavy atom. The Labute approximate surface area is 100 Å². The first-order chi connectivity index (χ1) is 7.87. The molecular formula is C10H13N3O3S. The molecule has 92 valence electrons. The van der Waals surface area contributed by atoms with Gasteiger partial charge < -0.3 is 14.4 Å². The lowest BCUT2D eigenvalue weighted by atomic mass is 10.2. The molecule has 0 saturated heterocycles. The number of rotatable bonds is 0. The van der Waals surface area contributed by atoms with Crippen molar-refractivity contribution in [2.24, 2.45) is 4.40 Å². The monoisotopic (exact) mass is 255 g/mol. The molecule has 1 aromatic rings. The largest absolute Gasteiger partial charge is 0.431 e. The Hall–Kier alpha value is -1.76. The standard InChI is InChI=1S/C10H13N3O3S/c1-7-4-5-9-8(6-7)11-10(13(2)3)12-17(14,15)16-9/h4-6H,1-3H3,(H,11,12). The van der Waals surface area contributed by atoms with Crippen LogP contribution in [0.3, 0.4) is 0 Å². The van der Waals surface area contributed by atoms with E-state index < -0.39 is 10.3 Å². The lowest BCUT2D eigenvalue weighted by Crippen LogP contribution is -2.29. The first kappa shape index (κ1) is 11.7. The molecule has 17 heavy (non-hydrogen) atoms. The number of hydrogen-bond acceptors (Lipinski definition) is 5. The Balaban J connectivity index is 2.55. The number of nitrogens with one attached hydrogen (secondary N) is 1. The molecule has 0 saturated carbocycles. The Kier molecular flexibility index (Phi) is 2.70. The van der Waals surface area contributed by atoms with Crippen LogP contribution in [0.4, 0.5) is 5.69 Å². The SMILES string of the molecule is Cc1ccc2c(c1)NC(N(C)C)=NS(=O)(=O)O2. The fourth-order valence-corrected chi connectivity index (χ4v) is 2.22. The summed E-state index contributed by atoms with van der Waals surface area (Å²) in [6.07, 6.45) is 0. The van der Waals surface area contributed by atoms with E-state index in [1.807, 2.05) is 6.92 Å². The summed E-state index contributed by atoms with van der Waals surface area (Å²) in [7, 11) is -0.563. The Bertz CT molecular complexity index is 578. The number of benzene rings is 1. The van der Waals surface area contributed by atoms with E-state index in [-0.39, 0.29) is 11.7 Å². The van der Waals surface area contributed by atoms with Gasteiger partial charge in [0.2, 0.25) is 5.96 Å². The summed E-state index contributed by atoms with van der Waals surface area (Å²) in [4.78, 5) is 1.57. The number of aryl methyl sites for hydroxylation is 1. The predicted octanol–water partition coefficient (Wildman–Crippen LogP) is 0.962. The molecule has 1 aliphatic rings. The maximum Gasteiger partial charge on any atom is 0.431 e. The van der Waals surface area contributed by atoms with E-state index in [0.29, 0.717) is 5.69 Å². The van der Waals surface area contributed by atoms with Crippen molar-refractivity contribution in [1.82, 2.24) is 4.90 Å². The van der Waals surface area contributed by atoms with E-state index >= 15 is 0 Å². The van der Waals surface area contributed by atoms with Crippen LogP contribution in [0.15, 0.2) is 22.6 Å². The van der Waals surface area contributed by atoms with E-state index in [9.17, 15) is 8.42 Å². The summed E-state index contributed by atoms with van der Waals surface area (Å²) in [5.41, 5.74) is 1.58. The summed E-state index contributed by atoms with van der Waals surface area (Å²) in [6, 6.07) is 5.18. The number of anilines is 1. The number of guanidine groups is 1. The second-order valence-corrected chi connectivity index (χ2v) is 5.15. The van der Waals surface area contributed by atoms with Crippen molar-refractivity contribution in [3.63, 3.8) is 0 Å². The lowest BCUT2D eigenvalue weighted by Gasteiger charge is -2.15. The van der Waals surface area contributed by atoms with E-state index in [0.717, 1.165) is 5.56 Å². The second kappa shape index (κ2) is 3.92. The van der Waals surface area contributed by atoms with Crippen LogP contribution in [0.1, 0.15) is 5.56 Å². The summed E-state index contributed by atoms with van der Waals surface area (Å²) >= 11 is 0. The van der Waals surface area contributed by atoms with E-state index in [4.69, 9.17) is 4.18 Å². The highest BCUT2D eigenvalue weighted by Gasteiger charge is 2.22. The van der Waals surface area contributed by atoms with Gasteiger partial charge in [0.15, 0.2) is 5.75 Å². The number of fused-ring (bicyclic) bond motifs is 1. The molecule has 0 fully saturated rings. The van der Waals surface area contributed by atoms with Crippen LogP contribution < -0.4 is 9.50 Å². The fraction of sp³-hybridized carbons (Fsp3) is 0.300. The van der Waals surface area contributed by atoms with Gasteiger partial charge in [-0.25, -0.2) is 0 Å². The highest BCUT2D eigenvalue weighted by molar-refractivity contribution is 7.85. The van der Waals surface area contributed by atoms with Crippen LogP contribution in [0.5, 0.6) is 5.75 Å². The van der Waals surface area contributed by atoms with Crippen molar-refractivity contribution in [3.8, 4) is 5.75 Å². The number of nitrogens with zero attached hydrogens (tertiary/aromatic N) is 2.